The van der Waals surface area contributed by atoms with E-state index in [4.69, 9.17) is 17.3 Å². The Hall–Kier alpha value is -1.55. The minimum absolute atomic E-state index is 0.328. The summed E-state index contributed by atoms with van der Waals surface area (Å²) in [6, 6.07) is 0. The molecular weight excluding hydrogens is 272 g/mol. The summed E-state index contributed by atoms with van der Waals surface area (Å²) in [6.07, 6.45) is 3.73. The van der Waals surface area contributed by atoms with Crippen molar-refractivity contribution in [2.75, 3.05) is 0 Å². The van der Waals surface area contributed by atoms with E-state index in [9.17, 15) is 0 Å². The van der Waals surface area contributed by atoms with Gasteiger partial charge in [0.2, 0.25) is 0 Å². The van der Waals surface area contributed by atoms with Crippen LogP contribution in [0.4, 0.5) is 0 Å². The fourth-order valence-electron chi connectivity index (χ4n) is 2.34. The molecule has 2 rings (SSSR count). The Kier molecular flexibility index (Phi) is 4.33. The van der Waals surface area contributed by atoms with Crippen molar-refractivity contribution < 1.29 is 0 Å². The summed E-state index contributed by atoms with van der Waals surface area (Å²) in [5.41, 5.74) is 10.1. The zero-order valence-electron chi connectivity index (χ0n) is 12.3. The Bertz CT molecular complexity index is 645. The maximum atomic E-state index is 6.34. The number of nitrogens with two attached hydrogens (primary N) is 1. The highest BCUT2D eigenvalue weighted by Crippen LogP contribution is 2.27. The van der Waals surface area contributed by atoms with Gasteiger partial charge in [0, 0.05) is 17.9 Å². The first-order valence-corrected chi connectivity index (χ1v) is 7.25. The number of hydrogen-bond acceptors (Lipinski definition) is 3. The van der Waals surface area contributed by atoms with Crippen LogP contribution in [0.3, 0.4) is 0 Å². The van der Waals surface area contributed by atoms with Crippen LogP contribution in [0.15, 0.2) is 18.6 Å². The second-order valence-corrected chi connectivity index (χ2v) is 5.59. The van der Waals surface area contributed by atoms with Crippen molar-refractivity contribution in [3.63, 3.8) is 0 Å². The molecule has 0 aliphatic rings. The maximum absolute atomic E-state index is 6.34. The van der Waals surface area contributed by atoms with Gasteiger partial charge in [-0.2, -0.15) is 0 Å². The van der Waals surface area contributed by atoms with Gasteiger partial charge in [-0.15, -0.1) is 0 Å². The third-order valence-corrected chi connectivity index (χ3v) is 4.36. The van der Waals surface area contributed by atoms with Crippen LogP contribution in [0.1, 0.15) is 31.0 Å². The van der Waals surface area contributed by atoms with E-state index in [1.165, 1.54) is 0 Å². The largest absolute Gasteiger partial charge is 0.402 e. The lowest BCUT2D eigenvalue weighted by Crippen LogP contribution is -2.13. The standard InChI is InChI=1S/C15H21ClN4/c1-5-12(10(3)17)6-7-20-8-18-14-13(16)9(2)11(4)19-15(14)20/h8,12H,3,5-7,17H2,1-2,4H3. The Labute approximate surface area is 124 Å². The van der Waals surface area contributed by atoms with E-state index >= 15 is 0 Å². The molecule has 2 heterocycles. The van der Waals surface area contributed by atoms with Crippen molar-refractivity contribution >= 4 is 22.8 Å². The summed E-state index contributed by atoms with van der Waals surface area (Å²) in [4.78, 5) is 8.99. The van der Waals surface area contributed by atoms with Gasteiger partial charge in [-0.3, -0.25) is 0 Å². The van der Waals surface area contributed by atoms with E-state index < -0.39 is 0 Å². The van der Waals surface area contributed by atoms with Crippen molar-refractivity contribution in [1.82, 2.24) is 14.5 Å². The molecule has 2 aromatic heterocycles. The second kappa shape index (κ2) is 5.83. The Morgan fingerprint density at radius 2 is 2.20 bits per heavy atom. The van der Waals surface area contributed by atoms with Crippen LogP contribution in [0.2, 0.25) is 5.02 Å². The molecule has 2 N–H and O–H groups in total. The summed E-state index contributed by atoms with van der Waals surface area (Å²) < 4.78 is 2.04. The van der Waals surface area contributed by atoms with Gasteiger partial charge >= 0.3 is 0 Å². The number of halogens is 1. The molecule has 5 heteroatoms. The molecule has 0 amide bonds. The number of fused-ring (bicyclic) bond motifs is 1. The van der Waals surface area contributed by atoms with Gasteiger partial charge < -0.3 is 10.3 Å². The number of allylic oxidation sites excluding steroid dienone is 1. The van der Waals surface area contributed by atoms with Gasteiger partial charge in [-0.05, 0) is 38.2 Å². The molecule has 0 aromatic carbocycles. The molecule has 4 nitrogen and oxygen atoms in total. The first-order chi connectivity index (χ1) is 9.45. The van der Waals surface area contributed by atoms with Gasteiger partial charge in [0.25, 0.3) is 0 Å². The molecule has 20 heavy (non-hydrogen) atoms. The minimum Gasteiger partial charge on any atom is -0.402 e. The lowest BCUT2D eigenvalue weighted by Gasteiger charge is -2.14. The highest BCUT2D eigenvalue weighted by molar-refractivity contribution is 6.35. The predicted octanol–water partition coefficient (Wildman–Crippen LogP) is 3.59. The molecule has 0 radical (unpaired) electrons. The topological polar surface area (TPSA) is 56.7 Å². The fourth-order valence-corrected chi connectivity index (χ4v) is 2.61. The van der Waals surface area contributed by atoms with Crippen LogP contribution >= 0.6 is 11.6 Å². The molecule has 1 unspecified atom stereocenters. The molecule has 0 spiro atoms. The number of aryl methyl sites for hydroxylation is 2. The second-order valence-electron chi connectivity index (χ2n) is 5.22. The SMILES string of the molecule is C=C(N)C(CC)CCn1cnc2c(Cl)c(C)c(C)nc21. The molecule has 0 saturated carbocycles. The van der Waals surface area contributed by atoms with Gasteiger partial charge in [-0.25, -0.2) is 9.97 Å². The van der Waals surface area contributed by atoms with E-state index in [0.29, 0.717) is 10.9 Å². The molecule has 0 aliphatic carbocycles. The zero-order chi connectivity index (χ0) is 14.9. The number of imidazole rings is 1. The first kappa shape index (κ1) is 14.9. The summed E-state index contributed by atoms with van der Waals surface area (Å²) in [6.45, 7) is 10.7. The van der Waals surface area contributed by atoms with Crippen LogP contribution < -0.4 is 5.73 Å². The van der Waals surface area contributed by atoms with Crippen LogP contribution in [-0.2, 0) is 6.54 Å². The van der Waals surface area contributed by atoms with Gasteiger partial charge in [0.15, 0.2) is 5.65 Å². The highest BCUT2D eigenvalue weighted by atomic mass is 35.5. The third-order valence-electron chi connectivity index (χ3n) is 3.90. The molecular formula is C15H21ClN4. The van der Waals surface area contributed by atoms with Gasteiger partial charge in [0.1, 0.15) is 5.52 Å². The minimum atomic E-state index is 0.328. The summed E-state index contributed by atoms with van der Waals surface area (Å²) in [7, 11) is 0. The monoisotopic (exact) mass is 292 g/mol. The van der Waals surface area contributed by atoms with E-state index in [1.54, 1.807) is 6.33 Å². The quantitative estimate of drug-likeness (QED) is 0.916. The number of aromatic nitrogens is 3. The lowest BCUT2D eigenvalue weighted by atomic mass is 10.00. The normalized spacial score (nSPS) is 12.8. The van der Waals surface area contributed by atoms with Crippen LogP contribution in [0.5, 0.6) is 0 Å². The summed E-state index contributed by atoms with van der Waals surface area (Å²) >= 11 is 6.34. The highest BCUT2D eigenvalue weighted by Gasteiger charge is 2.14. The lowest BCUT2D eigenvalue weighted by molar-refractivity contribution is 0.490. The van der Waals surface area contributed by atoms with Crippen LogP contribution in [0.25, 0.3) is 11.2 Å². The molecule has 2 aromatic rings. The van der Waals surface area contributed by atoms with Crippen molar-refractivity contribution in [3.8, 4) is 0 Å². The van der Waals surface area contributed by atoms with Crippen molar-refractivity contribution in [1.29, 1.82) is 0 Å². The Morgan fingerprint density at radius 3 is 2.80 bits per heavy atom. The fraction of sp³-hybridized carbons (Fsp3) is 0.467. The number of nitrogens with zero attached hydrogens (tertiary/aromatic N) is 3. The van der Waals surface area contributed by atoms with E-state index in [-0.39, 0.29) is 0 Å². The maximum Gasteiger partial charge on any atom is 0.161 e. The molecule has 0 bridgehead atoms. The van der Waals surface area contributed by atoms with Crippen molar-refractivity contribution in [2.24, 2.45) is 11.7 Å². The average Bonchev–Trinajstić information content (AvgIpc) is 2.80. The van der Waals surface area contributed by atoms with Crippen molar-refractivity contribution in [3.05, 3.63) is 34.9 Å². The average molecular weight is 293 g/mol. The molecule has 108 valence electrons. The molecule has 1 atom stereocenters. The van der Waals surface area contributed by atoms with Gasteiger partial charge in [-0.1, -0.05) is 25.1 Å². The predicted molar refractivity (Wildman–Crippen MR) is 83.7 cm³/mol. The molecule has 0 saturated heterocycles. The Morgan fingerprint density at radius 1 is 1.50 bits per heavy atom. The number of pyridine rings is 1. The van der Waals surface area contributed by atoms with Gasteiger partial charge in [0.05, 0.1) is 11.3 Å². The molecule has 0 aliphatic heterocycles. The van der Waals surface area contributed by atoms with Crippen LogP contribution in [0, 0.1) is 19.8 Å². The first-order valence-electron chi connectivity index (χ1n) is 6.87. The smallest absolute Gasteiger partial charge is 0.161 e. The van der Waals surface area contributed by atoms with E-state index in [2.05, 4.69) is 23.5 Å². The summed E-state index contributed by atoms with van der Waals surface area (Å²) in [5.74, 6) is 0.328. The van der Waals surface area contributed by atoms with Crippen LogP contribution in [-0.4, -0.2) is 14.5 Å². The zero-order valence-corrected chi connectivity index (χ0v) is 13.0. The number of rotatable bonds is 5. The van der Waals surface area contributed by atoms with Crippen molar-refractivity contribution in [2.45, 2.75) is 40.2 Å². The number of hydrogen-bond donors (Lipinski definition) is 1. The summed E-state index contributed by atoms with van der Waals surface area (Å²) in [5, 5.41) is 0.696. The van der Waals surface area contributed by atoms with E-state index in [1.807, 2.05) is 18.4 Å². The molecule has 0 fully saturated rings. The Balaban J connectivity index is 2.30. The van der Waals surface area contributed by atoms with E-state index in [0.717, 1.165) is 47.5 Å². The third kappa shape index (κ3) is 2.66.